The standard InChI is InChI=1S/C18H10BCl2F2NO3/c20-12-8-10(3-5-14(12)22)19(11-4-6-15(23)13(21)9-11)27-18(26)17-16(25)2-1-7-24-17/h1-9,25H. The monoisotopic (exact) mass is 407 g/mol. The summed E-state index contributed by atoms with van der Waals surface area (Å²) in [6.07, 6.45) is 1.31. The summed E-state index contributed by atoms with van der Waals surface area (Å²) in [6, 6.07) is 10.3. The number of carbonyl (C=O) groups is 1. The number of hydrogen-bond donors (Lipinski definition) is 1. The van der Waals surface area contributed by atoms with Crippen LogP contribution in [0.3, 0.4) is 0 Å². The summed E-state index contributed by atoms with van der Waals surface area (Å²) >= 11 is 11.7. The van der Waals surface area contributed by atoms with Crippen molar-refractivity contribution in [3.8, 4) is 5.75 Å². The zero-order valence-corrected chi connectivity index (χ0v) is 15.0. The van der Waals surface area contributed by atoms with Crippen LogP contribution >= 0.6 is 23.2 Å². The summed E-state index contributed by atoms with van der Waals surface area (Å²) in [4.78, 5) is 16.3. The van der Waals surface area contributed by atoms with Crippen molar-refractivity contribution < 1.29 is 23.3 Å². The summed E-state index contributed by atoms with van der Waals surface area (Å²) in [5.74, 6) is -2.59. The fourth-order valence-electron chi connectivity index (χ4n) is 2.40. The molecule has 0 atom stereocenters. The summed E-state index contributed by atoms with van der Waals surface area (Å²) in [5.41, 5.74) is 0.351. The Hall–Kier alpha value is -2.64. The highest BCUT2D eigenvalue weighted by Crippen LogP contribution is 2.17. The Balaban J connectivity index is 2.04. The van der Waals surface area contributed by atoms with Gasteiger partial charge in [0.2, 0.25) is 0 Å². The van der Waals surface area contributed by atoms with E-state index in [4.69, 9.17) is 27.9 Å². The maximum Gasteiger partial charge on any atom is 0.430 e. The van der Waals surface area contributed by atoms with Crippen LogP contribution in [0.1, 0.15) is 10.5 Å². The van der Waals surface area contributed by atoms with Crippen LogP contribution in [0, 0.1) is 11.6 Å². The van der Waals surface area contributed by atoms with Crippen molar-refractivity contribution in [2.24, 2.45) is 0 Å². The van der Waals surface area contributed by atoms with E-state index >= 15 is 0 Å². The molecule has 0 bridgehead atoms. The molecule has 0 fully saturated rings. The second-order valence-corrected chi connectivity index (χ2v) is 6.32. The molecule has 1 aromatic heterocycles. The molecule has 1 heterocycles. The summed E-state index contributed by atoms with van der Waals surface area (Å²) in [5, 5.41) is 9.43. The Morgan fingerprint density at radius 1 is 1.00 bits per heavy atom. The number of hydrogen-bond acceptors (Lipinski definition) is 4. The quantitative estimate of drug-likeness (QED) is 0.674. The lowest BCUT2D eigenvalue weighted by molar-refractivity contribution is 0.0729. The zero-order valence-electron chi connectivity index (χ0n) is 13.5. The minimum absolute atomic E-state index is 0.178. The fourth-order valence-corrected chi connectivity index (χ4v) is 2.77. The van der Waals surface area contributed by atoms with E-state index in [9.17, 15) is 18.7 Å². The highest BCUT2D eigenvalue weighted by atomic mass is 35.5. The van der Waals surface area contributed by atoms with Gasteiger partial charge in [-0.1, -0.05) is 35.3 Å². The number of nitrogens with zero attached hydrogens (tertiary/aromatic N) is 1. The molecule has 27 heavy (non-hydrogen) atoms. The molecule has 2 aromatic carbocycles. The van der Waals surface area contributed by atoms with Gasteiger partial charge in [-0.05, 0) is 47.3 Å². The highest BCUT2D eigenvalue weighted by Gasteiger charge is 2.29. The van der Waals surface area contributed by atoms with Gasteiger partial charge in [0.05, 0.1) is 10.0 Å². The highest BCUT2D eigenvalue weighted by molar-refractivity contribution is 6.81. The van der Waals surface area contributed by atoms with Gasteiger partial charge in [-0.2, -0.15) is 0 Å². The van der Waals surface area contributed by atoms with Crippen LogP contribution in [-0.2, 0) is 4.65 Å². The number of pyridine rings is 1. The summed E-state index contributed by atoms with van der Waals surface area (Å²) in [6.45, 7) is -1.09. The molecule has 4 nitrogen and oxygen atoms in total. The maximum absolute atomic E-state index is 13.5. The van der Waals surface area contributed by atoms with Gasteiger partial charge >= 0.3 is 12.9 Å². The summed E-state index contributed by atoms with van der Waals surface area (Å²) in [7, 11) is 0. The molecule has 3 rings (SSSR count). The third kappa shape index (κ3) is 4.20. The lowest BCUT2D eigenvalue weighted by Gasteiger charge is -2.16. The van der Waals surface area contributed by atoms with Crippen LogP contribution in [0.25, 0.3) is 0 Å². The van der Waals surface area contributed by atoms with Gasteiger partial charge < -0.3 is 9.76 Å². The zero-order chi connectivity index (χ0) is 19.6. The molecule has 0 saturated carbocycles. The fraction of sp³-hybridized carbons (Fsp3) is 0. The van der Waals surface area contributed by atoms with Gasteiger partial charge in [-0.15, -0.1) is 0 Å². The average molecular weight is 408 g/mol. The van der Waals surface area contributed by atoms with Gasteiger partial charge in [0.1, 0.15) is 17.4 Å². The number of aromatic hydroxyl groups is 1. The first-order valence-corrected chi connectivity index (χ1v) is 8.37. The van der Waals surface area contributed by atoms with Crippen LogP contribution in [0.5, 0.6) is 5.75 Å². The van der Waals surface area contributed by atoms with E-state index in [0.717, 1.165) is 12.1 Å². The molecule has 0 aliphatic carbocycles. The Morgan fingerprint density at radius 3 is 2.04 bits per heavy atom. The molecule has 9 heteroatoms. The van der Waals surface area contributed by atoms with Crippen LogP contribution in [0.4, 0.5) is 8.78 Å². The molecule has 0 amide bonds. The number of benzene rings is 2. The van der Waals surface area contributed by atoms with Crippen molar-refractivity contribution in [3.05, 3.63) is 82.1 Å². The Labute approximate surface area is 163 Å². The molecular formula is C18H10BCl2F2NO3. The van der Waals surface area contributed by atoms with Crippen LogP contribution in [0.15, 0.2) is 54.7 Å². The number of rotatable bonds is 4. The minimum atomic E-state index is -1.09. The molecule has 0 aliphatic rings. The molecule has 0 aliphatic heterocycles. The van der Waals surface area contributed by atoms with Crippen molar-refractivity contribution in [1.82, 2.24) is 4.98 Å². The lowest BCUT2D eigenvalue weighted by atomic mass is 9.55. The molecule has 0 saturated heterocycles. The van der Waals surface area contributed by atoms with E-state index in [1.807, 2.05) is 0 Å². The number of carbonyl (C=O) groups excluding carboxylic acids is 1. The van der Waals surface area contributed by atoms with Crippen LogP contribution in [0.2, 0.25) is 10.0 Å². The Kier molecular flexibility index (Phi) is 5.63. The van der Waals surface area contributed by atoms with E-state index in [-0.39, 0.29) is 21.5 Å². The van der Waals surface area contributed by atoms with Crippen LogP contribution in [-0.4, -0.2) is 23.0 Å². The smallest absolute Gasteiger partial charge is 0.430 e. The SMILES string of the molecule is O=C(OB(c1ccc(F)c(Cl)c1)c1ccc(F)c(Cl)c1)c1ncccc1O. The molecule has 136 valence electrons. The van der Waals surface area contributed by atoms with E-state index in [2.05, 4.69) is 4.98 Å². The van der Waals surface area contributed by atoms with Crippen molar-refractivity contribution in [2.75, 3.05) is 0 Å². The number of aromatic nitrogens is 1. The first-order valence-electron chi connectivity index (χ1n) is 7.61. The second-order valence-electron chi connectivity index (χ2n) is 5.50. The third-order valence-corrected chi connectivity index (χ3v) is 4.28. The first kappa shape index (κ1) is 19.1. The van der Waals surface area contributed by atoms with Gasteiger partial charge in [-0.3, -0.25) is 0 Å². The predicted molar refractivity (Wildman–Crippen MR) is 99.2 cm³/mol. The normalized spacial score (nSPS) is 10.5. The topological polar surface area (TPSA) is 59.4 Å². The largest absolute Gasteiger partial charge is 0.521 e. The Bertz CT molecular complexity index is 968. The Morgan fingerprint density at radius 2 is 1.56 bits per heavy atom. The van der Waals surface area contributed by atoms with Crippen molar-refractivity contribution >= 4 is 47.0 Å². The predicted octanol–water partition coefficient (Wildman–Crippen LogP) is 3.33. The molecule has 3 aromatic rings. The minimum Gasteiger partial charge on any atom is -0.521 e. The molecule has 1 N–H and O–H groups in total. The van der Waals surface area contributed by atoms with Crippen LogP contribution < -0.4 is 10.9 Å². The third-order valence-electron chi connectivity index (χ3n) is 3.70. The molecule has 0 radical (unpaired) electrons. The number of halogens is 4. The van der Waals surface area contributed by atoms with E-state index in [1.165, 1.54) is 42.6 Å². The summed E-state index contributed by atoms with van der Waals surface area (Å²) < 4.78 is 32.5. The van der Waals surface area contributed by atoms with Gasteiger partial charge in [-0.25, -0.2) is 18.6 Å². The first-order chi connectivity index (χ1) is 12.9. The second kappa shape index (κ2) is 7.94. The lowest BCUT2D eigenvalue weighted by Crippen LogP contribution is -2.46. The van der Waals surface area contributed by atoms with E-state index in [1.54, 1.807) is 0 Å². The average Bonchev–Trinajstić information content (AvgIpc) is 2.64. The van der Waals surface area contributed by atoms with Gasteiger partial charge in [0.15, 0.2) is 5.69 Å². The molecule has 0 spiro atoms. The molecular weight excluding hydrogens is 398 g/mol. The van der Waals surface area contributed by atoms with E-state index < -0.39 is 24.5 Å². The van der Waals surface area contributed by atoms with Crippen molar-refractivity contribution in [1.29, 1.82) is 0 Å². The van der Waals surface area contributed by atoms with Gasteiger partial charge in [0, 0.05) is 6.20 Å². The van der Waals surface area contributed by atoms with Gasteiger partial charge in [0.25, 0.3) is 0 Å². The van der Waals surface area contributed by atoms with E-state index in [0.29, 0.717) is 10.9 Å². The van der Waals surface area contributed by atoms with Crippen molar-refractivity contribution in [3.63, 3.8) is 0 Å². The van der Waals surface area contributed by atoms with Crippen molar-refractivity contribution in [2.45, 2.75) is 0 Å². The molecule has 0 unspecified atom stereocenters. The maximum atomic E-state index is 13.5.